The lowest BCUT2D eigenvalue weighted by Crippen LogP contribution is -2.57. The van der Waals surface area contributed by atoms with Crippen LogP contribution in [-0.2, 0) is 16.6 Å². The average molecular weight is 366 g/mol. The summed E-state index contributed by atoms with van der Waals surface area (Å²) in [5, 5.41) is 0. The summed E-state index contributed by atoms with van der Waals surface area (Å²) in [6.45, 7) is 0.563. The Bertz CT molecular complexity index is 579. The lowest BCUT2D eigenvalue weighted by Gasteiger charge is -2.47. The van der Waals surface area contributed by atoms with E-state index >= 15 is 0 Å². The van der Waals surface area contributed by atoms with Crippen LogP contribution in [0.25, 0.3) is 0 Å². The number of furan rings is 1. The van der Waals surface area contributed by atoms with E-state index in [1.165, 1.54) is 6.07 Å². The van der Waals surface area contributed by atoms with E-state index in [0.29, 0.717) is 12.3 Å². The Hall–Kier alpha value is -0.410. The van der Waals surface area contributed by atoms with Crippen molar-refractivity contribution in [3.63, 3.8) is 0 Å². The van der Waals surface area contributed by atoms with Crippen LogP contribution in [0.15, 0.2) is 20.0 Å². The Morgan fingerprint density at radius 2 is 2.15 bits per heavy atom. The molecule has 0 radical (unpaired) electrons. The van der Waals surface area contributed by atoms with Gasteiger partial charge in [0.1, 0.15) is 10.7 Å². The molecule has 1 aliphatic rings. The van der Waals surface area contributed by atoms with Crippen LogP contribution < -0.4 is 10.5 Å². The highest BCUT2D eigenvalue weighted by Crippen LogP contribution is 2.36. The number of nitrogens with one attached hydrogen (secondary N) is 1. The average Bonchev–Trinajstić information content (AvgIpc) is 2.69. The fraction of sp³-hybridized carbons (Fsp3) is 0.667. The summed E-state index contributed by atoms with van der Waals surface area (Å²) in [6, 6.07) is 1.45. The van der Waals surface area contributed by atoms with E-state index in [9.17, 15) is 8.42 Å². The van der Waals surface area contributed by atoms with Gasteiger partial charge in [0.2, 0.25) is 10.0 Å². The first-order valence-electron chi connectivity index (χ1n) is 6.46. The molecule has 6 nitrogen and oxygen atoms in total. The highest BCUT2D eigenvalue weighted by Gasteiger charge is 2.40. The fourth-order valence-electron chi connectivity index (χ4n) is 2.36. The van der Waals surface area contributed by atoms with Gasteiger partial charge in [0.25, 0.3) is 0 Å². The van der Waals surface area contributed by atoms with Crippen LogP contribution in [0.4, 0.5) is 0 Å². The van der Waals surface area contributed by atoms with Crippen molar-refractivity contribution in [1.29, 1.82) is 0 Å². The van der Waals surface area contributed by atoms with E-state index < -0.39 is 10.0 Å². The molecule has 0 spiro atoms. The van der Waals surface area contributed by atoms with Gasteiger partial charge in [-0.3, -0.25) is 0 Å². The Kier molecular flexibility index (Phi) is 4.60. The summed E-state index contributed by atoms with van der Waals surface area (Å²) in [5.41, 5.74) is 5.38. The zero-order valence-electron chi connectivity index (χ0n) is 11.6. The molecule has 1 aromatic heterocycles. The summed E-state index contributed by atoms with van der Waals surface area (Å²) in [4.78, 5) is 2.19. The zero-order valence-corrected chi connectivity index (χ0v) is 14.1. The second kappa shape index (κ2) is 5.76. The first-order valence-corrected chi connectivity index (χ1v) is 8.74. The molecule has 0 bridgehead atoms. The molecule has 1 saturated carbocycles. The van der Waals surface area contributed by atoms with Gasteiger partial charge < -0.3 is 15.1 Å². The number of sulfonamides is 1. The van der Waals surface area contributed by atoms with E-state index in [-0.39, 0.29) is 21.6 Å². The van der Waals surface area contributed by atoms with Gasteiger partial charge in [-0.2, -0.15) is 0 Å². The first-order chi connectivity index (χ1) is 9.31. The van der Waals surface area contributed by atoms with Gasteiger partial charge in [-0.15, -0.1) is 0 Å². The molecule has 0 atom stereocenters. The minimum absolute atomic E-state index is 0.0695. The Morgan fingerprint density at radius 3 is 2.55 bits per heavy atom. The molecule has 8 heteroatoms. The molecular formula is C12H20BrN3O3S. The maximum Gasteiger partial charge on any atom is 0.245 e. The second-order valence-corrected chi connectivity index (χ2v) is 7.81. The van der Waals surface area contributed by atoms with E-state index in [4.69, 9.17) is 10.2 Å². The minimum Gasteiger partial charge on any atom is -0.452 e. The number of nitrogens with two attached hydrogens (primary N) is 1. The van der Waals surface area contributed by atoms with Gasteiger partial charge in [-0.1, -0.05) is 0 Å². The van der Waals surface area contributed by atoms with E-state index in [0.717, 1.165) is 19.3 Å². The van der Waals surface area contributed by atoms with Crippen molar-refractivity contribution >= 4 is 26.0 Å². The molecule has 3 N–H and O–H groups in total. The third-order valence-corrected chi connectivity index (χ3v) is 6.28. The topological polar surface area (TPSA) is 88.6 Å². The van der Waals surface area contributed by atoms with Gasteiger partial charge in [0.05, 0.1) is 6.54 Å². The lowest BCUT2D eigenvalue weighted by molar-refractivity contribution is 0.0656. The number of rotatable bonds is 6. The van der Waals surface area contributed by atoms with Crippen LogP contribution in [0.5, 0.6) is 0 Å². The quantitative estimate of drug-likeness (QED) is 0.792. The predicted octanol–water partition coefficient (Wildman–Crippen LogP) is 1.26. The van der Waals surface area contributed by atoms with Crippen molar-refractivity contribution < 1.29 is 12.8 Å². The molecule has 0 aliphatic heterocycles. The third kappa shape index (κ3) is 2.94. The van der Waals surface area contributed by atoms with Crippen molar-refractivity contribution in [2.45, 2.75) is 36.2 Å². The Morgan fingerprint density at radius 1 is 1.50 bits per heavy atom. The van der Waals surface area contributed by atoms with E-state index in [1.807, 2.05) is 14.1 Å². The van der Waals surface area contributed by atoms with Crippen LogP contribution in [0.3, 0.4) is 0 Å². The normalized spacial score (nSPS) is 18.2. The largest absolute Gasteiger partial charge is 0.452 e. The molecule has 0 aromatic carbocycles. The van der Waals surface area contributed by atoms with Crippen molar-refractivity contribution in [1.82, 2.24) is 9.62 Å². The third-order valence-electron chi connectivity index (χ3n) is 4.02. The molecule has 0 unspecified atom stereocenters. The van der Waals surface area contributed by atoms with Gasteiger partial charge in [0.15, 0.2) is 4.67 Å². The lowest BCUT2D eigenvalue weighted by atomic mass is 9.76. The maximum absolute atomic E-state index is 12.3. The standard InChI is InChI=1S/C12H20BrN3O3S/c1-16(2)12(4-3-5-12)8-15-20(17,18)10-6-9(7-14)19-11(10)13/h6,15H,3-5,7-8,14H2,1-2H3. The maximum atomic E-state index is 12.3. The van der Waals surface area contributed by atoms with Crippen LogP contribution in [0.2, 0.25) is 0 Å². The number of nitrogens with zero attached hydrogens (tertiary/aromatic N) is 1. The summed E-state index contributed by atoms with van der Waals surface area (Å²) in [7, 11) is 0.364. The highest BCUT2D eigenvalue weighted by atomic mass is 79.9. The number of likely N-dealkylation sites (N-methyl/N-ethyl adjacent to an activating group) is 1. The minimum atomic E-state index is -3.60. The van der Waals surface area contributed by atoms with Gasteiger partial charge >= 0.3 is 0 Å². The molecule has 20 heavy (non-hydrogen) atoms. The molecule has 114 valence electrons. The van der Waals surface area contributed by atoms with Crippen LogP contribution >= 0.6 is 15.9 Å². The smallest absolute Gasteiger partial charge is 0.245 e. The molecule has 1 aromatic rings. The molecule has 1 aliphatic carbocycles. The fourth-order valence-corrected chi connectivity index (χ4v) is 4.47. The second-order valence-electron chi connectivity index (χ2n) is 5.35. The van der Waals surface area contributed by atoms with Crippen molar-refractivity contribution in [3.05, 3.63) is 16.5 Å². The summed E-state index contributed by atoms with van der Waals surface area (Å²) in [6.07, 6.45) is 3.14. The van der Waals surface area contributed by atoms with Gasteiger partial charge in [-0.25, -0.2) is 13.1 Å². The van der Waals surface area contributed by atoms with Crippen molar-refractivity contribution in [2.24, 2.45) is 5.73 Å². The van der Waals surface area contributed by atoms with Gasteiger partial charge in [-0.05, 0) is 49.3 Å². The Labute approximate surface area is 127 Å². The van der Waals surface area contributed by atoms with Crippen LogP contribution in [0.1, 0.15) is 25.0 Å². The summed E-state index contributed by atoms with van der Waals surface area (Å²) >= 11 is 3.12. The molecule has 2 rings (SSSR count). The monoisotopic (exact) mass is 365 g/mol. The van der Waals surface area contributed by atoms with Crippen molar-refractivity contribution in [3.8, 4) is 0 Å². The molecule has 1 fully saturated rings. The number of halogens is 1. The molecule has 0 saturated heterocycles. The first kappa shape index (κ1) is 16.0. The molecule has 0 amide bonds. The molecular weight excluding hydrogens is 346 g/mol. The van der Waals surface area contributed by atoms with Crippen LogP contribution in [0, 0.1) is 0 Å². The predicted molar refractivity (Wildman–Crippen MR) is 79.8 cm³/mol. The molecule has 1 heterocycles. The summed E-state index contributed by atoms with van der Waals surface area (Å²) in [5.74, 6) is 0.434. The Balaban J connectivity index is 2.13. The zero-order chi connectivity index (χ0) is 15.0. The van der Waals surface area contributed by atoms with Crippen LogP contribution in [-0.4, -0.2) is 39.5 Å². The van der Waals surface area contributed by atoms with E-state index in [1.54, 1.807) is 0 Å². The van der Waals surface area contributed by atoms with Gasteiger partial charge in [0, 0.05) is 18.2 Å². The SMILES string of the molecule is CN(C)C1(CNS(=O)(=O)c2cc(CN)oc2Br)CCC1. The number of hydrogen-bond acceptors (Lipinski definition) is 5. The number of hydrogen-bond donors (Lipinski definition) is 2. The van der Waals surface area contributed by atoms with E-state index in [2.05, 4.69) is 25.6 Å². The van der Waals surface area contributed by atoms with Crippen molar-refractivity contribution in [2.75, 3.05) is 20.6 Å². The highest BCUT2D eigenvalue weighted by molar-refractivity contribution is 9.10. The summed E-state index contributed by atoms with van der Waals surface area (Å²) < 4.78 is 32.8.